The first-order valence-corrected chi connectivity index (χ1v) is 12.1. The molecule has 36 heavy (non-hydrogen) atoms. The molecule has 0 radical (unpaired) electrons. The number of rotatable bonds is 6. The number of hydrogen-bond acceptors (Lipinski definition) is 5. The van der Waals surface area contributed by atoms with Crippen molar-refractivity contribution in [3.05, 3.63) is 117 Å². The quantitative estimate of drug-likeness (QED) is 0.226. The van der Waals surface area contributed by atoms with Gasteiger partial charge in [-0.1, -0.05) is 78.3 Å². The minimum absolute atomic E-state index is 0.363. The zero-order valence-corrected chi connectivity index (χ0v) is 19.5. The number of hydrogen-bond donors (Lipinski definition) is 3. The number of fused-ring (bicyclic) bond motifs is 1. The van der Waals surface area contributed by atoms with E-state index >= 15 is 0 Å². The van der Waals surface area contributed by atoms with Gasteiger partial charge in [-0.05, 0) is 70.4 Å². The van der Waals surface area contributed by atoms with Crippen molar-refractivity contribution >= 4 is 29.0 Å². The molecule has 180 valence electrons. The van der Waals surface area contributed by atoms with Gasteiger partial charge < -0.3 is 5.43 Å². The van der Waals surface area contributed by atoms with E-state index in [4.69, 9.17) is 0 Å². The Balaban J connectivity index is 1.47. The van der Waals surface area contributed by atoms with Crippen LogP contribution in [0.4, 0.5) is 10.1 Å². The van der Waals surface area contributed by atoms with E-state index in [9.17, 15) is 9.18 Å². The first kappa shape index (κ1) is 22.2. The van der Waals surface area contributed by atoms with Crippen LogP contribution in [0.1, 0.15) is 59.2 Å². The Kier molecular flexibility index (Phi) is 5.83. The van der Waals surface area contributed by atoms with Crippen LogP contribution < -0.4 is 16.6 Å². The van der Waals surface area contributed by atoms with Crippen molar-refractivity contribution in [1.29, 1.82) is 0 Å². The number of H-pyrrole nitrogens is 1. The number of benzene rings is 3. The zero-order chi connectivity index (χ0) is 24.5. The molecule has 4 aromatic rings. The average molecular weight is 481 g/mol. The molecule has 1 aliphatic carbocycles. The Bertz CT molecular complexity index is 1500. The predicted octanol–water partition coefficient (Wildman–Crippen LogP) is 6.19. The first-order valence-electron chi connectivity index (χ1n) is 12.1. The van der Waals surface area contributed by atoms with Crippen molar-refractivity contribution in [3.63, 3.8) is 0 Å². The first-order chi connectivity index (χ1) is 17.7. The van der Waals surface area contributed by atoms with Crippen LogP contribution in [0.3, 0.4) is 0 Å². The van der Waals surface area contributed by atoms with Gasteiger partial charge in [0, 0.05) is 5.56 Å². The van der Waals surface area contributed by atoms with E-state index in [0.29, 0.717) is 17.3 Å². The van der Waals surface area contributed by atoms with Crippen LogP contribution in [0.25, 0.3) is 23.3 Å². The molecule has 3 N–H and O–H groups in total. The lowest BCUT2D eigenvalue weighted by molar-refractivity contribution is 0.314. The van der Waals surface area contributed by atoms with Gasteiger partial charge in [-0.2, -0.15) is 0 Å². The molecule has 1 aromatic heterocycles. The second-order valence-corrected chi connectivity index (χ2v) is 9.15. The topological polar surface area (TPSA) is 83.0 Å². The van der Waals surface area contributed by atoms with E-state index in [-0.39, 0.29) is 0 Å². The maximum atomic E-state index is 14.6. The molecule has 7 heteroatoms. The fourth-order valence-corrected chi connectivity index (χ4v) is 4.89. The molecule has 6 nitrogen and oxygen atoms in total. The highest BCUT2D eigenvalue weighted by molar-refractivity contribution is 6.00. The third-order valence-corrected chi connectivity index (χ3v) is 6.90. The summed E-state index contributed by atoms with van der Waals surface area (Å²) in [6, 6.07) is 24.7. The highest BCUT2D eigenvalue weighted by Crippen LogP contribution is 2.46. The van der Waals surface area contributed by atoms with Crippen molar-refractivity contribution in [2.24, 2.45) is 5.92 Å². The maximum Gasteiger partial charge on any atom is 0.439 e. The number of aromatic amines is 1. The van der Waals surface area contributed by atoms with Crippen LogP contribution in [-0.2, 0) is 0 Å². The Hall–Kier alpha value is -4.23. The third kappa shape index (κ3) is 4.29. The Morgan fingerprint density at radius 3 is 2.42 bits per heavy atom. The zero-order valence-electron chi connectivity index (χ0n) is 19.5. The van der Waals surface area contributed by atoms with Gasteiger partial charge in [-0.15, -0.1) is 0 Å². The molecule has 1 saturated carbocycles. The van der Waals surface area contributed by atoms with Crippen LogP contribution in [0.5, 0.6) is 0 Å². The van der Waals surface area contributed by atoms with Gasteiger partial charge in [0.1, 0.15) is 0 Å². The second-order valence-electron chi connectivity index (χ2n) is 9.15. The van der Waals surface area contributed by atoms with Crippen LogP contribution in [0, 0.1) is 5.92 Å². The number of halogens is 1. The molecule has 1 unspecified atom stereocenters. The van der Waals surface area contributed by atoms with E-state index in [2.05, 4.69) is 68.0 Å². The van der Waals surface area contributed by atoms with E-state index in [1.54, 1.807) is 6.08 Å². The summed E-state index contributed by atoms with van der Waals surface area (Å²) in [6.07, 6.45) is 5.81. The SMILES string of the molecule is O=c1[nH]c(/C=C/c2ccc(/C(=C(\c3ccccc3)C3CCC3)c3ccc4c(c3)C(F)NN4)cc2)no1. The molecule has 6 rings (SSSR count). The second kappa shape index (κ2) is 9.43. The van der Waals surface area contributed by atoms with Crippen molar-refractivity contribution < 1.29 is 8.91 Å². The molecular formula is C29H25FN4O2. The normalized spacial score (nSPS) is 18.0. The monoisotopic (exact) mass is 480 g/mol. The minimum atomic E-state index is -1.25. The molecule has 2 aliphatic rings. The van der Waals surface area contributed by atoms with Gasteiger partial charge in [-0.3, -0.25) is 9.51 Å². The lowest BCUT2D eigenvalue weighted by Gasteiger charge is -2.31. The Labute approximate surface area is 207 Å². The summed E-state index contributed by atoms with van der Waals surface area (Å²) in [5, 5.41) is 3.66. The number of nitrogens with one attached hydrogen (secondary N) is 3. The fourth-order valence-electron chi connectivity index (χ4n) is 4.89. The summed E-state index contributed by atoms with van der Waals surface area (Å²) in [5.74, 6) is 0.235. The third-order valence-electron chi connectivity index (χ3n) is 6.90. The molecule has 0 saturated heterocycles. The lowest BCUT2D eigenvalue weighted by atomic mass is 9.73. The highest BCUT2D eigenvalue weighted by atomic mass is 19.1. The van der Waals surface area contributed by atoms with Crippen LogP contribution >= 0.6 is 0 Å². The van der Waals surface area contributed by atoms with E-state index in [1.807, 2.05) is 36.4 Å². The van der Waals surface area contributed by atoms with Crippen LogP contribution in [0.15, 0.2) is 82.1 Å². The van der Waals surface area contributed by atoms with E-state index in [0.717, 1.165) is 40.8 Å². The lowest BCUT2D eigenvalue weighted by Crippen LogP contribution is -2.15. The van der Waals surface area contributed by atoms with Gasteiger partial charge in [0.05, 0.1) is 5.69 Å². The van der Waals surface area contributed by atoms with E-state index in [1.165, 1.54) is 17.6 Å². The van der Waals surface area contributed by atoms with Gasteiger partial charge in [0.25, 0.3) is 0 Å². The number of allylic oxidation sites excluding steroid dienone is 1. The largest absolute Gasteiger partial charge is 0.439 e. The molecular weight excluding hydrogens is 455 g/mol. The average Bonchev–Trinajstić information content (AvgIpc) is 3.47. The standard InChI is InChI=1S/C29H25FN4O2/c30-28-23-17-22(14-15-24(23)32-33-28)27(26(20-7-4-8-20)19-5-2-1-3-6-19)21-12-9-18(10-13-21)11-16-25-31-29(35)36-34-25/h1-3,5-6,9-17,20,28,32-33H,4,7-8H2,(H,31,34,35)/b16-11+,27-26-. The fraction of sp³-hybridized carbons (Fsp3) is 0.172. The van der Waals surface area contributed by atoms with Crippen molar-refractivity contribution in [2.75, 3.05) is 5.43 Å². The van der Waals surface area contributed by atoms with Gasteiger partial charge in [-0.25, -0.2) is 14.6 Å². The molecule has 0 amide bonds. The summed E-state index contributed by atoms with van der Waals surface area (Å²) in [5.41, 5.74) is 13.6. The summed E-state index contributed by atoms with van der Waals surface area (Å²) in [6.45, 7) is 0. The number of anilines is 1. The van der Waals surface area contributed by atoms with Crippen molar-refractivity contribution in [3.8, 4) is 0 Å². The summed E-state index contributed by atoms with van der Waals surface area (Å²) < 4.78 is 19.1. The summed E-state index contributed by atoms with van der Waals surface area (Å²) >= 11 is 0. The number of hydrazine groups is 1. The van der Waals surface area contributed by atoms with Gasteiger partial charge in [0.15, 0.2) is 12.1 Å². The number of nitrogens with zero attached hydrogens (tertiary/aromatic N) is 1. The predicted molar refractivity (Wildman–Crippen MR) is 139 cm³/mol. The molecule has 0 spiro atoms. The van der Waals surface area contributed by atoms with Gasteiger partial charge >= 0.3 is 5.76 Å². The Morgan fingerprint density at radius 2 is 1.72 bits per heavy atom. The number of aromatic nitrogens is 2. The molecule has 1 aliphatic heterocycles. The van der Waals surface area contributed by atoms with Crippen LogP contribution in [-0.4, -0.2) is 10.1 Å². The molecule has 0 bridgehead atoms. The molecule has 2 heterocycles. The van der Waals surface area contributed by atoms with Crippen LogP contribution in [0.2, 0.25) is 0 Å². The molecule has 1 atom stereocenters. The molecule has 3 aromatic carbocycles. The minimum Gasteiger partial charge on any atom is -0.318 e. The van der Waals surface area contributed by atoms with Gasteiger partial charge in [0.2, 0.25) is 0 Å². The Morgan fingerprint density at radius 1 is 0.944 bits per heavy atom. The summed E-state index contributed by atoms with van der Waals surface area (Å²) in [7, 11) is 0. The van der Waals surface area contributed by atoms with Crippen molar-refractivity contribution in [1.82, 2.24) is 15.6 Å². The summed E-state index contributed by atoms with van der Waals surface area (Å²) in [4.78, 5) is 13.7. The van der Waals surface area contributed by atoms with Crippen molar-refractivity contribution in [2.45, 2.75) is 25.6 Å². The smallest absolute Gasteiger partial charge is 0.318 e. The van der Waals surface area contributed by atoms with E-state index < -0.39 is 12.1 Å². The number of alkyl halides is 1. The maximum absolute atomic E-state index is 14.6. The molecule has 1 fully saturated rings. The highest BCUT2D eigenvalue weighted by Gasteiger charge is 2.28.